The smallest absolute Gasteiger partial charge is 0.243 e. The summed E-state index contributed by atoms with van der Waals surface area (Å²) in [6.45, 7) is 3.32. The average Bonchev–Trinajstić information content (AvgIpc) is 2.41. The SMILES string of the molecule is COc1c(N)cc(S(=O)(=O)N2CCN(C)C(C)C2)cc1F. The van der Waals surface area contributed by atoms with Crippen molar-refractivity contribution < 1.29 is 17.5 Å². The standard InChI is InChI=1S/C13H20FN3O3S/c1-9-8-17(5-4-16(9)2)21(18,19)10-6-11(14)13(20-3)12(15)7-10/h6-7,9H,4-5,8,15H2,1-3H3. The van der Waals surface area contributed by atoms with Gasteiger partial charge in [0, 0.05) is 25.7 Å². The number of likely N-dealkylation sites (N-methyl/N-ethyl adjacent to an activating group) is 1. The van der Waals surface area contributed by atoms with Crippen molar-refractivity contribution in [2.24, 2.45) is 0 Å². The fourth-order valence-corrected chi connectivity index (χ4v) is 3.90. The number of hydrogen-bond donors (Lipinski definition) is 1. The van der Waals surface area contributed by atoms with E-state index in [4.69, 9.17) is 10.5 Å². The van der Waals surface area contributed by atoms with Gasteiger partial charge in [-0.3, -0.25) is 0 Å². The van der Waals surface area contributed by atoms with Gasteiger partial charge in [-0.2, -0.15) is 4.31 Å². The van der Waals surface area contributed by atoms with Gasteiger partial charge in [-0.05, 0) is 26.1 Å². The van der Waals surface area contributed by atoms with Gasteiger partial charge in [-0.25, -0.2) is 12.8 Å². The highest BCUT2D eigenvalue weighted by molar-refractivity contribution is 7.89. The second kappa shape index (κ2) is 5.78. The van der Waals surface area contributed by atoms with Crippen molar-refractivity contribution >= 4 is 15.7 Å². The van der Waals surface area contributed by atoms with Crippen LogP contribution in [-0.2, 0) is 10.0 Å². The summed E-state index contributed by atoms with van der Waals surface area (Å²) in [5, 5.41) is 0. The number of nitrogen functional groups attached to an aromatic ring is 1. The van der Waals surface area contributed by atoms with Gasteiger partial charge in [0.1, 0.15) is 0 Å². The number of halogens is 1. The Labute approximate surface area is 124 Å². The predicted molar refractivity (Wildman–Crippen MR) is 78.2 cm³/mol. The molecule has 1 unspecified atom stereocenters. The van der Waals surface area contributed by atoms with Gasteiger partial charge in [0.05, 0.1) is 17.7 Å². The van der Waals surface area contributed by atoms with E-state index >= 15 is 0 Å². The Kier molecular flexibility index (Phi) is 4.40. The molecule has 1 heterocycles. The van der Waals surface area contributed by atoms with E-state index < -0.39 is 15.8 Å². The first-order valence-electron chi connectivity index (χ1n) is 6.60. The summed E-state index contributed by atoms with van der Waals surface area (Å²) in [7, 11) is -0.530. The summed E-state index contributed by atoms with van der Waals surface area (Å²) >= 11 is 0. The minimum Gasteiger partial charge on any atom is -0.492 e. The molecule has 1 aliphatic heterocycles. The van der Waals surface area contributed by atoms with E-state index in [1.807, 2.05) is 14.0 Å². The van der Waals surface area contributed by atoms with E-state index in [1.165, 1.54) is 17.5 Å². The third kappa shape index (κ3) is 2.97. The molecule has 6 nitrogen and oxygen atoms in total. The van der Waals surface area contributed by atoms with Crippen LogP contribution < -0.4 is 10.5 Å². The van der Waals surface area contributed by atoms with Crippen LogP contribution >= 0.6 is 0 Å². The van der Waals surface area contributed by atoms with Crippen molar-refractivity contribution in [1.29, 1.82) is 0 Å². The first-order chi connectivity index (χ1) is 9.77. The molecular weight excluding hydrogens is 297 g/mol. The third-order valence-electron chi connectivity index (χ3n) is 3.81. The minimum absolute atomic E-state index is 0.0294. The summed E-state index contributed by atoms with van der Waals surface area (Å²) < 4.78 is 45.2. The van der Waals surface area contributed by atoms with Crippen molar-refractivity contribution in [3.63, 3.8) is 0 Å². The van der Waals surface area contributed by atoms with Gasteiger partial charge in [0.2, 0.25) is 10.0 Å². The van der Waals surface area contributed by atoms with Crippen LogP contribution in [0.3, 0.4) is 0 Å². The Hall–Kier alpha value is -1.38. The van der Waals surface area contributed by atoms with E-state index in [9.17, 15) is 12.8 Å². The molecule has 1 fully saturated rings. The molecule has 2 N–H and O–H groups in total. The summed E-state index contributed by atoms with van der Waals surface area (Å²) in [6.07, 6.45) is 0. The molecule has 1 saturated heterocycles. The predicted octanol–water partition coefficient (Wildman–Crippen LogP) is 0.741. The van der Waals surface area contributed by atoms with Crippen molar-refractivity contribution in [3.05, 3.63) is 17.9 Å². The van der Waals surface area contributed by atoms with Crippen molar-refractivity contribution in [2.45, 2.75) is 17.9 Å². The monoisotopic (exact) mass is 317 g/mol. The normalized spacial score (nSPS) is 21.4. The van der Waals surface area contributed by atoms with Crippen LogP contribution in [0, 0.1) is 5.82 Å². The first-order valence-corrected chi connectivity index (χ1v) is 8.04. The molecule has 118 valence electrons. The van der Waals surface area contributed by atoms with Crippen molar-refractivity contribution in [3.8, 4) is 5.75 Å². The lowest BCUT2D eigenvalue weighted by molar-refractivity contribution is 0.159. The maximum atomic E-state index is 13.9. The van der Waals surface area contributed by atoms with Crippen LogP contribution in [0.25, 0.3) is 0 Å². The van der Waals surface area contributed by atoms with E-state index in [-0.39, 0.29) is 22.4 Å². The van der Waals surface area contributed by atoms with Gasteiger partial charge in [0.25, 0.3) is 0 Å². The van der Waals surface area contributed by atoms with Crippen LogP contribution in [0.1, 0.15) is 6.92 Å². The fourth-order valence-electron chi connectivity index (χ4n) is 2.34. The molecule has 0 aliphatic carbocycles. The highest BCUT2D eigenvalue weighted by atomic mass is 32.2. The van der Waals surface area contributed by atoms with Crippen LogP contribution in [0.4, 0.5) is 10.1 Å². The Bertz CT molecular complexity index is 613. The lowest BCUT2D eigenvalue weighted by atomic mass is 10.2. The number of hydrogen-bond acceptors (Lipinski definition) is 5. The average molecular weight is 317 g/mol. The number of nitrogens with zero attached hydrogens (tertiary/aromatic N) is 2. The quantitative estimate of drug-likeness (QED) is 0.832. The third-order valence-corrected chi connectivity index (χ3v) is 5.65. The second-order valence-electron chi connectivity index (χ2n) is 5.22. The zero-order chi connectivity index (χ0) is 15.8. The number of nitrogens with two attached hydrogens (primary N) is 1. The Balaban J connectivity index is 2.36. The molecule has 0 bridgehead atoms. The number of anilines is 1. The van der Waals surface area contributed by atoms with E-state index in [0.29, 0.717) is 19.6 Å². The highest BCUT2D eigenvalue weighted by Crippen LogP contribution is 2.30. The number of rotatable bonds is 3. The molecule has 21 heavy (non-hydrogen) atoms. The number of piperazine rings is 1. The number of methoxy groups -OCH3 is 1. The van der Waals surface area contributed by atoms with E-state index in [1.54, 1.807) is 0 Å². The molecule has 0 spiro atoms. The van der Waals surface area contributed by atoms with Crippen molar-refractivity contribution in [2.75, 3.05) is 39.5 Å². The lowest BCUT2D eigenvalue weighted by Gasteiger charge is -2.36. The highest BCUT2D eigenvalue weighted by Gasteiger charge is 2.31. The maximum absolute atomic E-state index is 13.9. The van der Waals surface area contributed by atoms with Gasteiger partial charge in [-0.1, -0.05) is 0 Å². The largest absolute Gasteiger partial charge is 0.492 e. The number of ether oxygens (including phenoxy) is 1. The maximum Gasteiger partial charge on any atom is 0.243 e. The van der Waals surface area contributed by atoms with Crippen LogP contribution in [0.2, 0.25) is 0 Å². The Morgan fingerprint density at radius 2 is 2.05 bits per heavy atom. The molecule has 0 aromatic heterocycles. The lowest BCUT2D eigenvalue weighted by Crippen LogP contribution is -2.51. The van der Waals surface area contributed by atoms with Gasteiger partial charge >= 0.3 is 0 Å². The van der Waals surface area contributed by atoms with Gasteiger partial charge < -0.3 is 15.4 Å². The van der Waals surface area contributed by atoms with Crippen molar-refractivity contribution in [1.82, 2.24) is 9.21 Å². The minimum atomic E-state index is -3.76. The summed E-state index contributed by atoms with van der Waals surface area (Å²) in [4.78, 5) is 1.93. The van der Waals surface area contributed by atoms with Crippen LogP contribution in [0.15, 0.2) is 17.0 Å². The van der Waals surface area contributed by atoms with Crippen LogP contribution in [0.5, 0.6) is 5.75 Å². The fraction of sp³-hybridized carbons (Fsp3) is 0.538. The number of sulfonamides is 1. The van der Waals surface area contributed by atoms with Gasteiger partial charge in [0.15, 0.2) is 11.6 Å². The number of benzene rings is 1. The molecular formula is C13H20FN3O3S. The summed E-state index contributed by atoms with van der Waals surface area (Å²) in [5.41, 5.74) is 5.62. The molecule has 1 aliphatic rings. The molecule has 2 rings (SSSR count). The molecule has 8 heteroatoms. The molecule has 1 aromatic rings. The first kappa shape index (κ1) is 16.0. The Morgan fingerprint density at radius 1 is 1.38 bits per heavy atom. The van der Waals surface area contributed by atoms with Gasteiger partial charge in [-0.15, -0.1) is 0 Å². The van der Waals surface area contributed by atoms with E-state index in [2.05, 4.69) is 4.90 Å². The molecule has 0 amide bonds. The zero-order valence-electron chi connectivity index (χ0n) is 12.3. The molecule has 0 radical (unpaired) electrons. The van der Waals surface area contributed by atoms with Crippen LogP contribution in [-0.4, -0.2) is 57.5 Å². The molecule has 1 aromatic carbocycles. The van der Waals surface area contributed by atoms with E-state index in [0.717, 1.165) is 6.07 Å². The second-order valence-corrected chi connectivity index (χ2v) is 7.16. The summed E-state index contributed by atoms with van der Waals surface area (Å²) in [6, 6.07) is 2.29. The topological polar surface area (TPSA) is 75.9 Å². The zero-order valence-corrected chi connectivity index (χ0v) is 13.2. The summed E-state index contributed by atoms with van der Waals surface area (Å²) in [5.74, 6) is -0.918. The Morgan fingerprint density at radius 3 is 2.57 bits per heavy atom. The molecule has 0 saturated carbocycles. The molecule has 1 atom stereocenters.